The maximum absolute atomic E-state index is 12.8. The molecule has 0 fully saturated rings. The summed E-state index contributed by atoms with van der Waals surface area (Å²) in [6.07, 6.45) is 3.73. The Morgan fingerprint density at radius 2 is 2.09 bits per heavy atom. The summed E-state index contributed by atoms with van der Waals surface area (Å²) in [4.78, 5) is 19.0. The first-order valence-electron chi connectivity index (χ1n) is 7.84. The summed E-state index contributed by atoms with van der Waals surface area (Å²) < 4.78 is 2.00. The van der Waals surface area contributed by atoms with E-state index in [1.165, 1.54) is 0 Å². The minimum Gasteiger partial charge on any atom is -0.334 e. The van der Waals surface area contributed by atoms with Gasteiger partial charge in [-0.05, 0) is 45.4 Å². The van der Waals surface area contributed by atoms with E-state index in [4.69, 9.17) is 0 Å². The summed E-state index contributed by atoms with van der Waals surface area (Å²) in [5.74, 6) is 0.886. The fourth-order valence-corrected chi connectivity index (χ4v) is 3.39. The van der Waals surface area contributed by atoms with Crippen LogP contribution < -0.4 is 0 Å². The molecule has 0 N–H and O–H groups in total. The first kappa shape index (κ1) is 17.6. The fraction of sp³-hybridized carbons (Fsp3) is 0.444. The molecule has 0 saturated carbocycles. The summed E-state index contributed by atoms with van der Waals surface area (Å²) in [6.45, 7) is 8.91. The molecule has 2 aromatic rings. The van der Waals surface area contributed by atoms with Crippen molar-refractivity contribution in [2.24, 2.45) is 7.05 Å². The van der Waals surface area contributed by atoms with E-state index in [9.17, 15) is 4.79 Å². The fourth-order valence-electron chi connectivity index (χ4n) is 2.51. The van der Waals surface area contributed by atoms with Crippen molar-refractivity contribution < 1.29 is 4.79 Å². The highest BCUT2D eigenvalue weighted by Gasteiger charge is 2.25. The number of aromatic nitrogens is 2. The Bertz CT molecular complexity index is 673. The molecule has 0 radical (unpaired) electrons. The van der Waals surface area contributed by atoms with Gasteiger partial charge in [-0.15, -0.1) is 0 Å². The summed E-state index contributed by atoms with van der Waals surface area (Å²) in [6, 6.07) is 7.90. The van der Waals surface area contributed by atoms with E-state index in [1.807, 2.05) is 47.8 Å². The topological polar surface area (TPSA) is 38.1 Å². The second-order valence-electron chi connectivity index (χ2n) is 6.53. The predicted molar refractivity (Wildman–Crippen MR) is 95.7 cm³/mol. The molecule has 0 saturated heterocycles. The molecular weight excluding hydrogens is 306 g/mol. The molecule has 1 aromatic heterocycles. The third-order valence-electron chi connectivity index (χ3n) is 3.69. The Morgan fingerprint density at radius 3 is 2.65 bits per heavy atom. The number of hydrogen-bond acceptors (Lipinski definition) is 3. The number of imidazole rings is 1. The maximum atomic E-state index is 12.8. The van der Waals surface area contributed by atoms with E-state index in [0.29, 0.717) is 6.54 Å². The quantitative estimate of drug-likeness (QED) is 0.778. The molecule has 1 amide bonds. The van der Waals surface area contributed by atoms with Gasteiger partial charge in [-0.1, -0.05) is 23.9 Å². The lowest BCUT2D eigenvalue weighted by Crippen LogP contribution is -2.45. The molecule has 124 valence electrons. The number of carbonyl (C=O) groups excluding carboxylic acids is 1. The number of carbonyl (C=O) groups is 1. The van der Waals surface area contributed by atoms with Gasteiger partial charge in [0, 0.05) is 42.8 Å². The molecule has 23 heavy (non-hydrogen) atoms. The number of hydrogen-bond donors (Lipinski definition) is 0. The number of aryl methyl sites for hydroxylation is 1. The van der Waals surface area contributed by atoms with Gasteiger partial charge >= 0.3 is 0 Å². The summed E-state index contributed by atoms with van der Waals surface area (Å²) in [5.41, 5.74) is 1.71. The molecule has 1 aromatic carbocycles. The molecule has 0 spiro atoms. The zero-order valence-corrected chi connectivity index (χ0v) is 15.4. The molecule has 0 aliphatic carbocycles. The monoisotopic (exact) mass is 331 g/mol. The van der Waals surface area contributed by atoms with Crippen LogP contribution in [0.15, 0.2) is 41.8 Å². The molecule has 5 heteroatoms. The lowest BCUT2D eigenvalue weighted by atomic mass is 10.0. The van der Waals surface area contributed by atoms with Crippen LogP contribution in [-0.2, 0) is 12.8 Å². The van der Waals surface area contributed by atoms with Gasteiger partial charge in [-0.3, -0.25) is 4.79 Å². The zero-order chi connectivity index (χ0) is 17.0. The van der Waals surface area contributed by atoms with Crippen LogP contribution >= 0.6 is 11.8 Å². The standard InChI is InChI=1S/C18H25N3OS/c1-6-21(18(2,3)4)16(22)15-9-7-8-14(12-15)13-23-17-19-10-11-20(17)5/h7-12H,6,13H2,1-5H3. The predicted octanol–water partition coefficient (Wildman–Crippen LogP) is 3.97. The van der Waals surface area contributed by atoms with Crippen LogP contribution in [0.2, 0.25) is 0 Å². The third-order valence-corrected chi connectivity index (χ3v) is 4.82. The normalized spacial score (nSPS) is 11.5. The number of thioether (sulfide) groups is 1. The number of rotatable bonds is 5. The molecule has 0 aliphatic heterocycles. The van der Waals surface area contributed by atoms with Crippen LogP contribution in [0.3, 0.4) is 0 Å². The molecule has 0 bridgehead atoms. The second-order valence-corrected chi connectivity index (χ2v) is 7.47. The van der Waals surface area contributed by atoms with Crippen molar-refractivity contribution >= 4 is 17.7 Å². The molecule has 0 atom stereocenters. The van der Waals surface area contributed by atoms with Crippen molar-refractivity contribution in [3.63, 3.8) is 0 Å². The highest BCUT2D eigenvalue weighted by Crippen LogP contribution is 2.22. The Balaban J connectivity index is 2.13. The van der Waals surface area contributed by atoms with Gasteiger partial charge in [0.1, 0.15) is 0 Å². The lowest BCUT2D eigenvalue weighted by molar-refractivity contribution is 0.0599. The number of benzene rings is 1. The smallest absolute Gasteiger partial charge is 0.254 e. The minimum absolute atomic E-state index is 0.0869. The molecular formula is C18H25N3OS. The van der Waals surface area contributed by atoms with Crippen LogP contribution in [0.1, 0.15) is 43.6 Å². The van der Waals surface area contributed by atoms with E-state index in [2.05, 4.69) is 31.8 Å². The van der Waals surface area contributed by atoms with Crippen LogP contribution in [0.25, 0.3) is 0 Å². The van der Waals surface area contributed by atoms with Gasteiger partial charge in [0.05, 0.1) is 0 Å². The molecule has 1 heterocycles. The van der Waals surface area contributed by atoms with Crippen molar-refractivity contribution in [1.82, 2.24) is 14.5 Å². The van der Waals surface area contributed by atoms with Gasteiger partial charge in [0.15, 0.2) is 5.16 Å². The van der Waals surface area contributed by atoms with Gasteiger partial charge < -0.3 is 9.47 Å². The average Bonchev–Trinajstić information content (AvgIpc) is 2.90. The highest BCUT2D eigenvalue weighted by molar-refractivity contribution is 7.98. The minimum atomic E-state index is -0.177. The van der Waals surface area contributed by atoms with Crippen LogP contribution in [0.4, 0.5) is 0 Å². The lowest BCUT2D eigenvalue weighted by Gasteiger charge is -2.35. The van der Waals surface area contributed by atoms with Crippen LogP contribution in [-0.4, -0.2) is 32.4 Å². The Labute approximate surface area is 142 Å². The molecule has 0 unspecified atom stereocenters. The Morgan fingerprint density at radius 1 is 1.35 bits per heavy atom. The zero-order valence-electron chi connectivity index (χ0n) is 14.5. The SMILES string of the molecule is CCN(C(=O)c1cccc(CSc2nccn2C)c1)C(C)(C)C. The van der Waals surface area contributed by atoms with E-state index in [1.54, 1.807) is 18.0 Å². The summed E-state index contributed by atoms with van der Waals surface area (Å²) in [7, 11) is 1.98. The highest BCUT2D eigenvalue weighted by atomic mass is 32.2. The van der Waals surface area contributed by atoms with Gasteiger partial charge in [-0.25, -0.2) is 4.98 Å². The third kappa shape index (κ3) is 4.38. The van der Waals surface area contributed by atoms with Gasteiger partial charge in [0.2, 0.25) is 0 Å². The second kappa shape index (κ2) is 7.21. The summed E-state index contributed by atoms with van der Waals surface area (Å²) in [5, 5.41) is 0.978. The van der Waals surface area contributed by atoms with E-state index >= 15 is 0 Å². The van der Waals surface area contributed by atoms with Crippen molar-refractivity contribution in [1.29, 1.82) is 0 Å². The van der Waals surface area contributed by atoms with E-state index in [0.717, 1.165) is 22.0 Å². The van der Waals surface area contributed by atoms with Gasteiger partial charge in [-0.2, -0.15) is 0 Å². The molecule has 2 rings (SSSR count). The van der Waals surface area contributed by atoms with Crippen molar-refractivity contribution in [3.8, 4) is 0 Å². The van der Waals surface area contributed by atoms with Crippen LogP contribution in [0, 0.1) is 0 Å². The van der Waals surface area contributed by atoms with Crippen molar-refractivity contribution in [2.45, 2.75) is 44.1 Å². The number of nitrogens with zero attached hydrogens (tertiary/aromatic N) is 3. The Hall–Kier alpha value is -1.75. The van der Waals surface area contributed by atoms with Crippen molar-refractivity contribution in [2.75, 3.05) is 6.54 Å². The molecule has 0 aliphatic rings. The number of amides is 1. The largest absolute Gasteiger partial charge is 0.334 e. The maximum Gasteiger partial charge on any atom is 0.254 e. The van der Waals surface area contributed by atoms with Crippen LogP contribution in [0.5, 0.6) is 0 Å². The first-order chi connectivity index (χ1) is 10.8. The summed E-state index contributed by atoms with van der Waals surface area (Å²) >= 11 is 1.67. The van der Waals surface area contributed by atoms with Gasteiger partial charge in [0.25, 0.3) is 5.91 Å². The first-order valence-corrected chi connectivity index (χ1v) is 8.82. The Kier molecular flexibility index (Phi) is 5.52. The molecule has 4 nitrogen and oxygen atoms in total. The van der Waals surface area contributed by atoms with E-state index in [-0.39, 0.29) is 11.4 Å². The average molecular weight is 331 g/mol. The van der Waals surface area contributed by atoms with E-state index < -0.39 is 0 Å². The van der Waals surface area contributed by atoms with Crippen molar-refractivity contribution in [3.05, 3.63) is 47.8 Å².